The van der Waals surface area contributed by atoms with Crippen molar-refractivity contribution >= 4 is 42.5 Å². The Balaban J connectivity index is 1.63. The van der Waals surface area contributed by atoms with E-state index < -0.39 is 42.8 Å². The quantitative estimate of drug-likeness (QED) is 0.0740. The Morgan fingerprint density at radius 1 is 0.404 bits per heavy atom. The molecule has 2 aliphatic rings. The molecular weight excluding hydrogens is 674 g/mol. The summed E-state index contributed by atoms with van der Waals surface area (Å²) in [4.78, 5) is 0. The first-order valence-electron chi connectivity index (χ1n) is 13.5. The van der Waals surface area contributed by atoms with Gasteiger partial charge in [0.15, 0.2) is 0 Å². The van der Waals surface area contributed by atoms with Crippen molar-refractivity contribution in [3.63, 3.8) is 0 Å². The second-order valence-electron chi connectivity index (χ2n) is 10.3. The molecule has 0 radical (unpaired) electrons. The zero-order chi connectivity index (χ0) is 33.9. The van der Waals surface area contributed by atoms with Crippen LogP contribution in [0.5, 0.6) is 0 Å². The summed E-state index contributed by atoms with van der Waals surface area (Å²) in [5, 5.41) is 0. The van der Waals surface area contributed by atoms with Crippen LogP contribution < -0.4 is 0 Å². The van der Waals surface area contributed by atoms with Crippen LogP contribution in [-0.2, 0) is 33.3 Å². The molecule has 0 bridgehead atoms. The minimum absolute atomic E-state index is 0.0701. The first-order valence-corrected chi connectivity index (χ1v) is 16.3. The summed E-state index contributed by atoms with van der Waals surface area (Å²) in [6.45, 7) is 0. The van der Waals surface area contributed by atoms with Gasteiger partial charge in [-0.1, -0.05) is 121 Å². The molecule has 0 atom stereocenters. The lowest BCUT2D eigenvalue weighted by Crippen LogP contribution is -2.43. The van der Waals surface area contributed by atoms with Gasteiger partial charge >= 0.3 is 31.3 Å². The van der Waals surface area contributed by atoms with E-state index in [2.05, 4.69) is 0 Å². The summed E-state index contributed by atoms with van der Waals surface area (Å²) in [7, 11) is -13.1. The van der Waals surface area contributed by atoms with E-state index >= 15 is 0 Å². The van der Waals surface area contributed by atoms with Crippen molar-refractivity contribution in [3.05, 3.63) is 144 Å². The number of alkyl halides is 6. The Labute approximate surface area is 264 Å². The number of ether oxygens (including phenoxy) is 1. The van der Waals surface area contributed by atoms with Gasteiger partial charge in [-0.25, -0.2) is 8.37 Å². The summed E-state index contributed by atoms with van der Waals surface area (Å²) in [5.41, 5.74) is -13.1. The van der Waals surface area contributed by atoms with Crippen LogP contribution >= 0.6 is 0 Å². The molecule has 0 aliphatic heterocycles. The average molecular weight is 695 g/mol. The molecule has 0 N–H and O–H groups in total. The number of hydrogen-bond acceptors (Lipinski definition) is 7. The molecular formula is C32H20F6O7S2. The van der Waals surface area contributed by atoms with Crippen molar-refractivity contribution in [3.8, 4) is 0 Å². The third-order valence-corrected chi connectivity index (χ3v) is 9.29. The van der Waals surface area contributed by atoms with Crippen molar-refractivity contribution in [2.24, 2.45) is 0 Å². The van der Waals surface area contributed by atoms with Crippen LogP contribution in [0.15, 0.2) is 121 Å². The molecule has 4 aromatic rings. The van der Waals surface area contributed by atoms with E-state index in [-0.39, 0.29) is 44.5 Å². The standard InChI is InChI=1S/C32H20F6O7S2/c33-31(34,35)46(39,40)44-29(25(21-13-5-1-6-14-21)26(29)22-15-7-2-8-16-22)43-30(45-47(41,42)32(36,37)38)27(23-17-9-3-10-18-23)28(30)24-19-11-4-12-20-24/h1-20H. The third-order valence-electron chi connectivity index (χ3n) is 7.25. The monoisotopic (exact) mass is 694 g/mol. The molecule has 0 spiro atoms. The molecule has 47 heavy (non-hydrogen) atoms. The fourth-order valence-corrected chi connectivity index (χ4v) is 6.47. The van der Waals surface area contributed by atoms with Crippen LogP contribution in [0.4, 0.5) is 26.3 Å². The molecule has 2 aliphatic carbocycles. The van der Waals surface area contributed by atoms with Crippen LogP contribution in [0.1, 0.15) is 22.3 Å². The minimum atomic E-state index is -6.57. The summed E-state index contributed by atoms with van der Waals surface area (Å²) >= 11 is 0. The highest BCUT2D eigenvalue weighted by molar-refractivity contribution is 7.88. The zero-order valence-corrected chi connectivity index (χ0v) is 25.1. The maximum absolute atomic E-state index is 13.9. The maximum atomic E-state index is 13.9. The highest BCUT2D eigenvalue weighted by Crippen LogP contribution is 2.69. The minimum Gasteiger partial charge on any atom is -0.299 e. The van der Waals surface area contributed by atoms with Gasteiger partial charge in [0.05, 0.1) is 0 Å². The fourth-order valence-electron chi connectivity index (χ4n) is 5.26. The summed E-state index contributed by atoms with van der Waals surface area (Å²) in [6.07, 6.45) is 0. The van der Waals surface area contributed by atoms with E-state index in [4.69, 9.17) is 13.1 Å². The van der Waals surface area contributed by atoms with E-state index in [0.29, 0.717) is 0 Å². The molecule has 0 saturated heterocycles. The molecule has 0 unspecified atom stereocenters. The molecule has 0 heterocycles. The molecule has 6 rings (SSSR count). The van der Waals surface area contributed by atoms with Crippen LogP contribution in [0.25, 0.3) is 22.3 Å². The number of rotatable bonds is 10. The van der Waals surface area contributed by atoms with E-state index in [0.717, 1.165) is 0 Å². The second-order valence-corrected chi connectivity index (χ2v) is 13.3. The molecule has 244 valence electrons. The van der Waals surface area contributed by atoms with E-state index in [1.54, 1.807) is 24.3 Å². The summed E-state index contributed by atoms with van der Waals surface area (Å²) in [5.74, 6) is -6.26. The van der Waals surface area contributed by atoms with Gasteiger partial charge in [-0.2, -0.15) is 43.2 Å². The van der Waals surface area contributed by atoms with Gasteiger partial charge in [0, 0.05) is 22.3 Å². The zero-order valence-electron chi connectivity index (χ0n) is 23.5. The Bertz CT molecular complexity index is 1840. The van der Waals surface area contributed by atoms with Gasteiger partial charge in [-0.15, -0.1) is 0 Å². The van der Waals surface area contributed by atoms with Crippen LogP contribution in [0.3, 0.4) is 0 Å². The number of halogens is 6. The summed E-state index contributed by atoms with van der Waals surface area (Å²) < 4.78 is 150. The van der Waals surface area contributed by atoms with Crippen molar-refractivity contribution in [2.75, 3.05) is 0 Å². The molecule has 0 amide bonds. The molecule has 7 nitrogen and oxygen atoms in total. The van der Waals surface area contributed by atoms with Gasteiger partial charge in [0.25, 0.3) is 0 Å². The van der Waals surface area contributed by atoms with E-state index in [1.165, 1.54) is 97.1 Å². The molecule has 0 aromatic heterocycles. The first-order chi connectivity index (χ1) is 22.0. The Morgan fingerprint density at radius 3 is 0.809 bits per heavy atom. The lowest BCUT2D eigenvalue weighted by Gasteiger charge is -2.30. The second kappa shape index (κ2) is 11.2. The molecule has 15 heteroatoms. The van der Waals surface area contributed by atoms with Crippen molar-refractivity contribution in [1.29, 1.82) is 0 Å². The van der Waals surface area contributed by atoms with Crippen molar-refractivity contribution < 1.29 is 56.3 Å². The van der Waals surface area contributed by atoms with E-state index in [1.807, 2.05) is 0 Å². The predicted molar refractivity (Wildman–Crippen MR) is 158 cm³/mol. The lowest BCUT2D eigenvalue weighted by molar-refractivity contribution is -0.186. The average Bonchev–Trinajstić information content (AvgIpc) is 3.86. The molecule has 0 saturated carbocycles. The van der Waals surface area contributed by atoms with Crippen molar-refractivity contribution in [2.45, 2.75) is 22.6 Å². The van der Waals surface area contributed by atoms with Crippen LogP contribution in [0, 0.1) is 0 Å². The first kappa shape index (κ1) is 32.7. The largest absolute Gasteiger partial charge is 0.523 e. The predicted octanol–water partition coefficient (Wildman–Crippen LogP) is 7.38. The number of hydrogen-bond donors (Lipinski definition) is 0. The SMILES string of the molecule is O=S(=O)(OC1(OC2(OS(=O)(=O)C(F)(F)F)C(c3ccccc3)=C2c2ccccc2)C(c2ccccc2)=C1c1ccccc1)C(F)(F)F. The van der Waals surface area contributed by atoms with Crippen molar-refractivity contribution in [1.82, 2.24) is 0 Å². The van der Waals surface area contributed by atoms with Crippen LogP contribution in [0.2, 0.25) is 0 Å². The smallest absolute Gasteiger partial charge is 0.299 e. The highest BCUT2D eigenvalue weighted by atomic mass is 32.2. The third kappa shape index (κ3) is 5.67. The Kier molecular flexibility index (Phi) is 7.76. The highest BCUT2D eigenvalue weighted by Gasteiger charge is 2.73. The van der Waals surface area contributed by atoms with Gasteiger partial charge < -0.3 is 0 Å². The van der Waals surface area contributed by atoms with E-state index in [9.17, 15) is 43.2 Å². The van der Waals surface area contributed by atoms with Gasteiger partial charge in [-0.3, -0.25) is 4.74 Å². The number of benzene rings is 4. The molecule has 0 fully saturated rings. The summed E-state index contributed by atoms with van der Waals surface area (Å²) in [6, 6.07) is 28.9. The normalized spacial score (nSPS) is 17.5. The molecule has 4 aromatic carbocycles. The van der Waals surface area contributed by atoms with Crippen LogP contribution in [-0.4, -0.2) is 39.4 Å². The Morgan fingerprint density at radius 2 is 0.617 bits per heavy atom. The fraction of sp³-hybridized carbons (Fsp3) is 0.125. The maximum Gasteiger partial charge on any atom is 0.523 e. The van der Waals surface area contributed by atoms with Gasteiger partial charge in [0.1, 0.15) is 0 Å². The van der Waals surface area contributed by atoms with Gasteiger partial charge in [-0.05, 0) is 22.3 Å². The Hall–Kier alpha value is -4.28. The lowest BCUT2D eigenvalue weighted by atomic mass is 10.1. The topological polar surface area (TPSA) is 96.0 Å². The van der Waals surface area contributed by atoms with Gasteiger partial charge in [0.2, 0.25) is 11.6 Å².